The minimum Gasteiger partial charge on any atom is -0.481 e. The van der Waals surface area contributed by atoms with Crippen LogP contribution in [0.2, 0.25) is 0 Å². The summed E-state index contributed by atoms with van der Waals surface area (Å²) in [6, 6.07) is 14.3. The highest BCUT2D eigenvalue weighted by Gasteiger charge is 2.26. The summed E-state index contributed by atoms with van der Waals surface area (Å²) < 4.78 is 5.69. The van der Waals surface area contributed by atoms with Crippen molar-refractivity contribution in [2.24, 2.45) is 0 Å². The van der Waals surface area contributed by atoms with Gasteiger partial charge in [-0.05, 0) is 48.7 Å². The zero-order chi connectivity index (χ0) is 17.1. The summed E-state index contributed by atoms with van der Waals surface area (Å²) in [7, 11) is 0. The van der Waals surface area contributed by atoms with Crippen molar-refractivity contribution in [3.8, 4) is 5.75 Å². The van der Waals surface area contributed by atoms with Gasteiger partial charge in [0.1, 0.15) is 5.75 Å². The first kappa shape index (κ1) is 16.1. The lowest BCUT2D eigenvalue weighted by Crippen LogP contribution is -2.43. The van der Waals surface area contributed by atoms with Crippen molar-refractivity contribution in [2.45, 2.75) is 26.0 Å². The molecule has 1 aliphatic heterocycles. The maximum atomic E-state index is 12.6. The Balaban J connectivity index is 1.71. The number of hydrogen-bond acceptors (Lipinski definition) is 3. The maximum Gasteiger partial charge on any atom is 0.335 e. The largest absolute Gasteiger partial charge is 0.481 e. The van der Waals surface area contributed by atoms with Crippen LogP contribution in [0, 0.1) is 0 Å². The van der Waals surface area contributed by atoms with Crippen molar-refractivity contribution in [2.75, 3.05) is 6.54 Å². The van der Waals surface area contributed by atoms with E-state index >= 15 is 0 Å². The van der Waals surface area contributed by atoms with E-state index in [0.29, 0.717) is 18.8 Å². The van der Waals surface area contributed by atoms with Gasteiger partial charge in [0.05, 0.1) is 5.56 Å². The van der Waals surface area contributed by atoms with Gasteiger partial charge in [0.25, 0.3) is 5.91 Å². The van der Waals surface area contributed by atoms with Crippen LogP contribution in [0.15, 0.2) is 48.5 Å². The fraction of sp³-hybridized carbons (Fsp3) is 0.263. The summed E-state index contributed by atoms with van der Waals surface area (Å²) in [6.07, 6.45) is 0.135. The summed E-state index contributed by atoms with van der Waals surface area (Å²) in [5.74, 6) is -0.392. The van der Waals surface area contributed by atoms with Gasteiger partial charge in [-0.15, -0.1) is 0 Å². The molecule has 1 atom stereocenters. The molecule has 0 radical (unpaired) electrons. The van der Waals surface area contributed by atoms with Crippen LogP contribution in [0.25, 0.3) is 0 Å². The Morgan fingerprint density at radius 1 is 1.12 bits per heavy atom. The minimum absolute atomic E-state index is 0.0924. The monoisotopic (exact) mass is 325 g/mol. The number of fused-ring (bicyclic) bond motifs is 1. The average Bonchev–Trinajstić information content (AvgIpc) is 2.60. The second kappa shape index (κ2) is 6.74. The number of nitrogens with zero attached hydrogens (tertiary/aromatic N) is 1. The van der Waals surface area contributed by atoms with Crippen molar-refractivity contribution >= 4 is 11.9 Å². The normalized spacial score (nSPS) is 14.6. The molecule has 0 aromatic heterocycles. The van der Waals surface area contributed by atoms with E-state index in [2.05, 4.69) is 0 Å². The lowest BCUT2D eigenvalue weighted by atomic mass is 9.97. The first-order valence-electron chi connectivity index (χ1n) is 7.90. The van der Waals surface area contributed by atoms with Gasteiger partial charge in [-0.1, -0.05) is 24.3 Å². The molecule has 5 heteroatoms. The molecule has 1 amide bonds. The smallest absolute Gasteiger partial charge is 0.335 e. The molecule has 24 heavy (non-hydrogen) atoms. The highest BCUT2D eigenvalue weighted by Crippen LogP contribution is 2.22. The quantitative estimate of drug-likeness (QED) is 0.938. The molecule has 2 aromatic rings. The molecule has 2 aromatic carbocycles. The van der Waals surface area contributed by atoms with E-state index in [1.807, 2.05) is 36.4 Å². The number of hydrogen-bond donors (Lipinski definition) is 1. The standard InChI is InChI=1S/C19H19NO4/c1-13(24-17-5-3-2-4-6-17)18(21)20-10-9-14-7-8-15(19(22)23)11-16(14)12-20/h2-8,11,13H,9-10,12H2,1H3,(H,22,23). The Hall–Kier alpha value is -2.82. The number of benzene rings is 2. The number of carbonyl (C=O) groups is 2. The number of rotatable bonds is 4. The average molecular weight is 325 g/mol. The SMILES string of the molecule is CC(Oc1ccccc1)C(=O)N1CCc2ccc(C(=O)O)cc2C1. The van der Waals surface area contributed by atoms with Crippen molar-refractivity contribution in [3.05, 3.63) is 65.2 Å². The van der Waals surface area contributed by atoms with E-state index in [-0.39, 0.29) is 11.5 Å². The number of carboxylic acids is 1. The van der Waals surface area contributed by atoms with E-state index < -0.39 is 12.1 Å². The maximum absolute atomic E-state index is 12.6. The lowest BCUT2D eigenvalue weighted by Gasteiger charge is -2.31. The van der Waals surface area contributed by atoms with Crippen LogP contribution in [-0.2, 0) is 17.8 Å². The second-order valence-corrected chi connectivity index (χ2v) is 5.87. The third-order valence-corrected chi connectivity index (χ3v) is 4.18. The Labute approximate surface area is 140 Å². The summed E-state index contributed by atoms with van der Waals surface area (Å²) in [5, 5.41) is 9.11. The fourth-order valence-corrected chi connectivity index (χ4v) is 2.89. The van der Waals surface area contributed by atoms with E-state index in [1.54, 1.807) is 24.0 Å². The molecule has 0 bridgehead atoms. The molecule has 1 unspecified atom stereocenters. The number of carboxylic acid groups (broad SMARTS) is 1. The van der Waals surface area contributed by atoms with Crippen LogP contribution < -0.4 is 4.74 Å². The number of carbonyl (C=O) groups excluding carboxylic acids is 1. The predicted octanol–water partition coefficient (Wildman–Crippen LogP) is 2.74. The molecule has 1 aliphatic rings. The van der Waals surface area contributed by atoms with Gasteiger partial charge < -0.3 is 14.7 Å². The van der Waals surface area contributed by atoms with Crippen molar-refractivity contribution < 1.29 is 19.4 Å². The molecular weight excluding hydrogens is 306 g/mol. The van der Waals surface area contributed by atoms with Gasteiger partial charge in [-0.3, -0.25) is 4.79 Å². The van der Waals surface area contributed by atoms with Crippen LogP contribution >= 0.6 is 0 Å². The first-order chi connectivity index (χ1) is 11.5. The van der Waals surface area contributed by atoms with Gasteiger partial charge in [0.15, 0.2) is 6.10 Å². The molecule has 1 N–H and O–H groups in total. The Bertz CT molecular complexity index is 757. The molecule has 0 saturated carbocycles. The minimum atomic E-state index is -0.956. The molecule has 124 valence electrons. The summed E-state index contributed by atoms with van der Waals surface area (Å²) in [5.41, 5.74) is 2.23. The zero-order valence-corrected chi connectivity index (χ0v) is 13.4. The molecule has 0 saturated heterocycles. The molecule has 0 spiro atoms. The van der Waals surface area contributed by atoms with Crippen LogP contribution in [0.3, 0.4) is 0 Å². The number of amides is 1. The number of ether oxygens (including phenoxy) is 1. The third-order valence-electron chi connectivity index (χ3n) is 4.18. The van der Waals surface area contributed by atoms with Gasteiger partial charge >= 0.3 is 5.97 Å². The Morgan fingerprint density at radius 3 is 2.58 bits per heavy atom. The molecule has 5 nitrogen and oxygen atoms in total. The summed E-state index contributed by atoms with van der Waals surface area (Å²) in [4.78, 5) is 25.5. The van der Waals surface area contributed by atoms with Gasteiger partial charge in [-0.25, -0.2) is 4.79 Å². The molecule has 3 rings (SSSR count). The van der Waals surface area contributed by atoms with Gasteiger partial charge in [0, 0.05) is 13.1 Å². The predicted molar refractivity (Wildman–Crippen MR) is 89.1 cm³/mol. The van der Waals surface area contributed by atoms with E-state index in [4.69, 9.17) is 9.84 Å². The first-order valence-corrected chi connectivity index (χ1v) is 7.90. The Morgan fingerprint density at radius 2 is 1.88 bits per heavy atom. The molecule has 0 aliphatic carbocycles. The topological polar surface area (TPSA) is 66.8 Å². The fourth-order valence-electron chi connectivity index (χ4n) is 2.89. The van der Waals surface area contributed by atoms with Crippen molar-refractivity contribution in [1.29, 1.82) is 0 Å². The highest BCUT2D eigenvalue weighted by atomic mass is 16.5. The third kappa shape index (κ3) is 3.40. The van der Waals surface area contributed by atoms with Crippen molar-refractivity contribution in [3.63, 3.8) is 0 Å². The van der Waals surface area contributed by atoms with E-state index in [1.165, 1.54) is 0 Å². The highest BCUT2D eigenvalue weighted by molar-refractivity contribution is 5.88. The summed E-state index contributed by atoms with van der Waals surface area (Å²) in [6.45, 7) is 2.76. The molecule has 1 heterocycles. The second-order valence-electron chi connectivity index (χ2n) is 5.87. The van der Waals surface area contributed by atoms with Gasteiger partial charge in [0.2, 0.25) is 0 Å². The van der Waals surface area contributed by atoms with Gasteiger partial charge in [-0.2, -0.15) is 0 Å². The van der Waals surface area contributed by atoms with Crippen LogP contribution in [0.1, 0.15) is 28.4 Å². The number of para-hydroxylation sites is 1. The summed E-state index contributed by atoms with van der Waals surface area (Å²) >= 11 is 0. The lowest BCUT2D eigenvalue weighted by molar-refractivity contribution is -0.138. The molecule has 0 fully saturated rings. The number of aromatic carboxylic acids is 1. The van der Waals surface area contributed by atoms with E-state index in [9.17, 15) is 9.59 Å². The van der Waals surface area contributed by atoms with Crippen LogP contribution in [0.4, 0.5) is 0 Å². The van der Waals surface area contributed by atoms with Crippen molar-refractivity contribution in [1.82, 2.24) is 4.90 Å². The van der Waals surface area contributed by atoms with Crippen LogP contribution in [-0.4, -0.2) is 34.5 Å². The van der Waals surface area contributed by atoms with E-state index in [0.717, 1.165) is 17.5 Å². The zero-order valence-electron chi connectivity index (χ0n) is 13.4. The Kier molecular flexibility index (Phi) is 4.51. The molecular formula is C19H19NO4. The van der Waals surface area contributed by atoms with Crippen LogP contribution in [0.5, 0.6) is 5.75 Å².